The molecule has 1 N–H and O–H groups in total. The number of nitrogens with zero attached hydrogens (tertiary/aromatic N) is 1. The van der Waals surface area contributed by atoms with Crippen LogP contribution in [0.3, 0.4) is 0 Å². The maximum atomic E-state index is 12.3. The van der Waals surface area contributed by atoms with Crippen LogP contribution in [0.4, 0.5) is 5.69 Å². The van der Waals surface area contributed by atoms with Crippen LogP contribution < -0.4 is 15.0 Å². The number of carbonyl (C=O) groups is 3. The Labute approximate surface area is 134 Å². The molecular formula is C16H20N2O5. The summed E-state index contributed by atoms with van der Waals surface area (Å²) in [5.41, 5.74) is 0.601. The largest absolute Gasteiger partial charge is 0.490 e. The van der Waals surface area contributed by atoms with Crippen LogP contribution in [0.5, 0.6) is 5.75 Å². The highest BCUT2D eigenvalue weighted by Gasteiger charge is 2.27. The summed E-state index contributed by atoms with van der Waals surface area (Å²) in [6.07, 6.45) is 1.51. The highest BCUT2D eigenvalue weighted by atomic mass is 16.5. The summed E-state index contributed by atoms with van der Waals surface area (Å²) in [6, 6.07) is 7.11. The second kappa shape index (κ2) is 8.17. The summed E-state index contributed by atoms with van der Waals surface area (Å²) in [6.45, 7) is 1.04. The summed E-state index contributed by atoms with van der Waals surface area (Å²) in [5, 5.41) is 2.58. The number of unbranched alkanes of at least 4 members (excludes halogenated alkanes) is 1. The number of nitrogens with one attached hydrogen (secondary N) is 1. The van der Waals surface area contributed by atoms with Crippen LogP contribution >= 0.6 is 0 Å². The van der Waals surface area contributed by atoms with Crippen LogP contribution in [0.2, 0.25) is 0 Å². The van der Waals surface area contributed by atoms with E-state index in [0.29, 0.717) is 50.4 Å². The summed E-state index contributed by atoms with van der Waals surface area (Å²) in [5.74, 6) is -0.941. The van der Waals surface area contributed by atoms with E-state index in [9.17, 15) is 14.4 Å². The Hall–Kier alpha value is -2.57. The number of fused-ring (bicyclic) bond motifs is 1. The molecule has 0 unspecified atom stereocenters. The van der Waals surface area contributed by atoms with Gasteiger partial charge in [0.2, 0.25) is 0 Å². The number of carbonyl (C=O) groups excluding carboxylic acids is 3. The first-order chi connectivity index (χ1) is 11.1. The first kappa shape index (κ1) is 16.8. The molecule has 7 nitrogen and oxygen atoms in total. The van der Waals surface area contributed by atoms with Crippen molar-refractivity contribution in [2.24, 2.45) is 0 Å². The lowest BCUT2D eigenvalue weighted by Crippen LogP contribution is -2.46. The molecule has 0 aliphatic carbocycles. The molecule has 23 heavy (non-hydrogen) atoms. The number of ether oxygens (including phenoxy) is 2. The van der Waals surface area contributed by atoms with Crippen molar-refractivity contribution in [3.63, 3.8) is 0 Å². The van der Waals surface area contributed by atoms with Crippen LogP contribution in [0, 0.1) is 0 Å². The minimum absolute atomic E-state index is 0.280. The van der Waals surface area contributed by atoms with Gasteiger partial charge in [0.1, 0.15) is 12.4 Å². The van der Waals surface area contributed by atoms with Crippen LogP contribution in [-0.2, 0) is 19.1 Å². The zero-order valence-electron chi connectivity index (χ0n) is 13.0. The molecule has 0 bridgehead atoms. The van der Waals surface area contributed by atoms with Gasteiger partial charge in [-0.1, -0.05) is 12.1 Å². The fraction of sp³-hybridized carbons (Fsp3) is 0.438. The lowest BCUT2D eigenvalue weighted by Gasteiger charge is -2.28. The van der Waals surface area contributed by atoms with Crippen molar-refractivity contribution in [1.29, 1.82) is 0 Å². The van der Waals surface area contributed by atoms with E-state index in [0.717, 1.165) is 0 Å². The van der Waals surface area contributed by atoms with Crippen molar-refractivity contribution in [3.8, 4) is 5.75 Å². The van der Waals surface area contributed by atoms with Crippen LogP contribution in [0.15, 0.2) is 24.3 Å². The molecule has 0 radical (unpaired) electrons. The predicted molar refractivity (Wildman–Crippen MR) is 83.2 cm³/mol. The second-order valence-corrected chi connectivity index (χ2v) is 5.06. The van der Waals surface area contributed by atoms with Crippen molar-refractivity contribution in [1.82, 2.24) is 5.32 Å². The molecule has 0 aromatic heterocycles. The molecule has 0 fully saturated rings. The standard InChI is InChI=1S/C16H20N2O5/c1-22-14(19)8-4-5-9-17-15(20)16(21)18-10-11-23-13-7-3-2-6-12(13)18/h2-3,6-7H,4-5,8-11H2,1H3,(H,17,20). The maximum Gasteiger partial charge on any atom is 0.316 e. The zero-order valence-corrected chi connectivity index (χ0v) is 13.0. The van der Waals surface area contributed by atoms with E-state index in [4.69, 9.17) is 4.74 Å². The van der Waals surface area contributed by atoms with Crippen molar-refractivity contribution in [2.45, 2.75) is 19.3 Å². The molecular weight excluding hydrogens is 300 g/mol. The minimum Gasteiger partial charge on any atom is -0.490 e. The van der Waals surface area contributed by atoms with Crippen molar-refractivity contribution >= 4 is 23.5 Å². The number of hydrogen-bond donors (Lipinski definition) is 1. The molecule has 1 aromatic rings. The van der Waals surface area contributed by atoms with E-state index in [2.05, 4.69) is 10.1 Å². The molecule has 0 atom stereocenters. The Morgan fingerprint density at radius 3 is 2.83 bits per heavy atom. The van der Waals surface area contributed by atoms with Gasteiger partial charge in [0.25, 0.3) is 0 Å². The number of rotatable bonds is 5. The predicted octanol–water partition coefficient (Wildman–Crippen LogP) is 0.871. The van der Waals surface area contributed by atoms with Gasteiger partial charge in [0.05, 0.1) is 19.3 Å². The van der Waals surface area contributed by atoms with Gasteiger partial charge in [0, 0.05) is 13.0 Å². The molecule has 1 heterocycles. The van der Waals surface area contributed by atoms with Crippen LogP contribution in [-0.4, -0.2) is 44.6 Å². The van der Waals surface area contributed by atoms with E-state index in [-0.39, 0.29) is 5.97 Å². The normalized spacial score (nSPS) is 12.8. The summed E-state index contributed by atoms with van der Waals surface area (Å²) in [7, 11) is 1.34. The fourth-order valence-electron chi connectivity index (χ4n) is 2.28. The van der Waals surface area contributed by atoms with Crippen LogP contribution in [0.25, 0.3) is 0 Å². The summed E-state index contributed by atoms with van der Waals surface area (Å²) in [4.78, 5) is 36.6. The number of esters is 1. The molecule has 1 aliphatic rings. The molecule has 124 valence electrons. The van der Waals surface area contributed by atoms with E-state index in [1.54, 1.807) is 18.2 Å². The van der Waals surface area contributed by atoms with Gasteiger partial charge in [-0.15, -0.1) is 0 Å². The highest BCUT2D eigenvalue weighted by molar-refractivity contribution is 6.40. The van der Waals surface area contributed by atoms with Gasteiger partial charge in [0.15, 0.2) is 0 Å². The third-order valence-corrected chi connectivity index (χ3v) is 3.49. The van der Waals surface area contributed by atoms with Crippen molar-refractivity contribution < 1.29 is 23.9 Å². The number of methoxy groups -OCH3 is 1. The Bertz CT molecular complexity index is 588. The molecule has 1 aliphatic heterocycles. The molecule has 1 aromatic carbocycles. The molecule has 2 amide bonds. The Kier molecular flexibility index (Phi) is 5.96. The SMILES string of the molecule is COC(=O)CCCCNC(=O)C(=O)N1CCOc2ccccc21. The van der Waals surface area contributed by atoms with E-state index in [1.807, 2.05) is 6.07 Å². The quantitative estimate of drug-likeness (QED) is 0.494. The first-order valence-corrected chi connectivity index (χ1v) is 7.52. The summed E-state index contributed by atoms with van der Waals surface area (Å²) < 4.78 is 9.99. The van der Waals surface area contributed by atoms with E-state index >= 15 is 0 Å². The molecule has 0 saturated carbocycles. The van der Waals surface area contributed by atoms with E-state index in [1.165, 1.54) is 12.0 Å². The van der Waals surface area contributed by atoms with Crippen molar-refractivity contribution in [2.75, 3.05) is 31.7 Å². The van der Waals surface area contributed by atoms with Crippen molar-refractivity contribution in [3.05, 3.63) is 24.3 Å². The lowest BCUT2D eigenvalue weighted by molar-refractivity contribution is -0.140. The second-order valence-electron chi connectivity index (χ2n) is 5.06. The Balaban J connectivity index is 1.82. The molecule has 2 rings (SSSR count). The minimum atomic E-state index is -0.653. The zero-order chi connectivity index (χ0) is 16.7. The number of amides is 2. The third-order valence-electron chi connectivity index (χ3n) is 3.49. The van der Waals surface area contributed by atoms with Gasteiger partial charge in [-0.25, -0.2) is 0 Å². The van der Waals surface area contributed by atoms with Gasteiger partial charge in [-0.3, -0.25) is 19.3 Å². The van der Waals surface area contributed by atoms with Gasteiger partial charge in [-0.2, -0.15) is 0 Å². The topological polar surface area (TPSA) is 84.9 Å². The maximum absolute atomic E-state index is 12.3. The Morgan fingerprint density at radius 2 is 2.04 bits per heavy atom. The lowest BCUT2D eigenvalue weighted by atomic mass is 10.2. The monoisotopic (exact) mass is 320 g/mol. The van der Waals surface area contributed by atoms with E-state index < -0.39 is 11.8 Å². The molecule has 7 heteroatoms. The van der Waals surface area contributed by atoms with Gasteiger partial charge in [-0.05, 0) is 25.0 Å². The Morgan fingerprint density at radius 1 is 1.26 bits per heavy atom. The third kappa shape index (κ3) is 4.45. The van der Waals surface area contributed by atoms with Gasteiger partial charge < -0.3 is 14.8 Å². The number of benzene rings is 1. The molecule has 0 saturated heterocycles. The molecule has 0 spiro atoms. The average Bonchev–Trinajstić information content (AvgIpc) is 2.59. The smallest absolute Gasteiger partial charge is 0.316 e. The average molecular weight is 320 g/mol. The highest BCUT2D eigenvalue weighted by Crippen LogP contribution is 2.30. The first-order valence-electron chi connectivity index (χ1n) is 7.52. The summed E-state index contributed by atoms with van der Waals surface area (Å²) >= 11 is 0. The van der Waals surface area contributed by atoms with Gasteiger partial charge >= 0.3 is 17.8 Å². The number of hydrogen-bond acceptors (Lipinski definition) is 5. The van der Waals surface area contributed by atoms with Crippen LogP contribution in [0.1, 0.15) is 19.3 Å². The number of anilines is 1. The fourth-order valence-corrected chi connectivity index (χ4v) is 2.28. The number of para-hydroxylation sites is 2.